The van der Waals surface area contributed by atoms with E-state index in [-0.39, 0.29) is 0 Å². The first-order valence-corrected chi connectivity index (χ1v) is 8.83. The van der Waals surface area contributed by atoms with Gasteiger partial charge in [0.1, 0.15) is 0 Å². The van der Waals surface area contributed by atoms with Crippen molar-refractivity contribution in [2.75, 3.05) is 26.2 Å². The van der Waals surface area contributed by atoms with E-state index in [0.29, 0.717) is 12.1 Å². The molecule has 0 aromatic heterocycles. The van der Waals surface area contributed by atoms with Crippen molar-refractivity contribution >= 4 is 0 Å². The fourth-order valence-corrected chi connectivity index (χ4v) is 3.90. The van der Waals surface area contributed by atoms with E-state index >= 15 is 0 Å². The van der Waals surface area contributed by atoms with Crippen LogP contribution >= 0.6 is 0 Å². The maximum Gasteiger partial charge on any atom is 0.0576 e. The van der Waals surface area contributed by atoms with E-state index < -0.39 is 0 Å². The molecule has 0 bridgehead atoms. The molecule has 0 spiro atoms. The van der Waals surface area contributed by atoms with Gasteiger partial charge in [0.2, 0.25) is 0 Å². The van der Waals surface area contributed by atoms with E-state index in [0.717, 1.165) is 24.5 Å². The number of ether oxygens (including phenoxy) is 1. The number of nitrogens with one attached hydrogen (secondary N) is 1. The van der Waals surface area contributed by atoms with E-state index in [2.05, 4.69) is 24.1 Å². The highest BCUT2D eigenvalue weighted by Crippen LogP contribution is 2.36. The third kappa shape index (κ3) is 3.75. The largest absolute Gasteiger partial charge is 0.378 e. The minimum atomic E-state index is 0.568. The van der Waals surface area contributed by atoms with Gasteiger partial charge in [-0.05, 0) is 56.9 Å². The molecular formula is C17H32N2O. The van der Waals surface area contributed by atoms with Crippen LogP contribution < -0.4 is 5.32 Å². The predicted molar refractivity (Wildman–Crippen MR) is 82.9 cm³/mol. The molecule has 3 rings (SSSR count). The first-order valence-electron chi connectivity index (χ1n) is 8.83. The lowest BCUT2D eigenvalue weighted by atomic mass is 9.97. The average Bonchev–Trinajstić information content (AvgIpc) is 3.16. The summed E-state index contributed by atoms with van der Waals surface area (Å²) < 4.78 is 5.76. The Kier molecular flexibility index (Phi) is 5.00. The van der Waals surface area contributed by atoms with Crippen LogP contribution in [0.2, 0.25) is 0 Å². The summed E-state index contributed by atoms with van der Waals surface area (Å²) in [5, 5.41) is 3.79. The van der Waals surface area contributed by atoms with Gasteiger partial charge in [0.05, 0.1) is 6.10 Å². The van der Waals surface area contributed by atoms with Crippen molar-refractivity contribution < 1.29 is 4.74 Å². The molecule has 3 aliphatic rings. The molecule has 2 heterocycles. The maximum absolute atomic E-state index is 5.76. The summed E-state index contributed by atoms with van der Waals surface area (Å²) in [6.07, 6.45) is 8.65. The van der Waals surface area contributed by atoms with Crippen LogP contribution in [0, 0.1) is 11.8 Å². The van der Waals surface area contributed by atoms with E-state index in [9.17, 15) is 0 Å². The molecule has 0 aromatic rings. The number of nitrogens with zero attached hydrogens (tertiary/aromatic N) is 1. The Morgan fingerprint density at radius 2 is 2.10 bits per heavy atom. The van der Waals surface area contributed by atoms with Crippen LogP contribution in [0.4, 0.5) is 0 Å². The van der Waals surface area contributed by atoms with Gasteiger partial charge >= 0.3 is 0 Å². The summed E-state index contributed by atoms with van der Waals surface area (Å²) in [5.74, 6) is 1.73. The van der Waals surface area contributed by atoms with Crippen molar-refractivity contribution in [2.45, 2.75) is 70.6 Å². The summed E-state index contributed by atoms with van der Waals surface area (Å²) in [6.45, 7) is 9.45. The van der Waals surface area contributed by atoms with Crippen molar-refractivity contribution in [3.63, 3.8) is 0 Å². The fraction of sp³-hybridized carbons (Fsp3) is 1.00. The Balaban J connectivity index is 1.47. The van der Waals surface area contributed by atoms with Crippen molar-refractivity contribution in [1.82, 2.24) is 10.2 Å². The van der Waals surface area contributed by atoms with Gasteiger partial charge in [-0.3, -0.25) is 4.90 Å². The molecule has 2 aliphatic heterocycles. The number of piperazine rings is 1. The SMILES string of the molecule is CC(C)C1CN(CCCC2CCCO2)C(C2CC2)CN1. The Labute approximate surface area is 124 Å². The Bertz CT molecular complexity index is 297. The van der Waals surface area contributed by atoms with Crippen LogP contribution in [0.15, 0.2) is 0 Å². The number of hydrogen-bond acceptors (Lipinski definition) is 3. The highest BCUT2D eigenvalue weighted by Gasteiger charge is 2.38. The molecule has 0 radical (unpaired) electrons. The second-order valence-electron chi connectivity index (χ2n) is 7.44. The Hall–Kier alpha value is -0.120. The molecule has 0 amide bonds. The van der Waals surface area contributed by atoms with Crippen LogP contribution in [0.25, 0.3) is 0 Å². The van der Waals surface area contributed by atoms with Gasteiger partial charge in [0.15, 0.2) is 0 Å². The summed E-state index contributed by atoms with van der Waals surface area (Å²) in [5.41, 5.74) is 0. The molecule has 3 unspecified atom stereocenters. The van der Waals surface area contributed by atoms with E-state index in [1.54, 1.807) is 0 Å². The Morgan fingerprint density at radius 3 is 2.75 bits per heavy atom. The summed E-state index contributed by atoms with van der Waals surface area (Å²) in [7, 11) is 0. The van der Waals surface area contributed by atoms with Gasteiger partial charge in [0, 0.05) is 31.8 Å². The Morgan fingerprint density at radius 1 is 1.25 bits per heavy atom. The second kappa shape index (κ2) is 6.76. The predicted octanol–water partition coefficient (Wildman–Crippen LogP) is 2.65. The van der Waals surface area contributed by atoms with Crippen molar-refractivity contribution in [3.05, 3.63) is 0 Å². The van der Waals surface area contributed by atoms with Gasteiger partial charge in [-0.15, -0.1) is 0 Å². The van der Waals surface area contributed by atoms with Crippen LogP contribution in [-0.2, 0) is 4.74 Å². The zero-order valence-corrected chi connectivity index (χ0v) is 13.3. The van der Waals surface area contributed by atoms with Crippen LogP contribution in [0.5, 0.6) is 0 Å². The van der Waals surface area contributed by atoms with Crippen molar-refractivity contribution in [1.29, 1.82) is 0 Å². The van der Waals surface area contributed by atoms with Crippen LogP contribution in [-0.4, -0.2) is 49.3 Å². The van der Waals surface area contributed by atoms with E-state index in [4.69, 9.17) is 4.74 Å². The average molecular weight is 280 g/mol. The van der Waals surface area contributed by atoms with Gasteiger partial charge in [-0.1, -0.05) is 13.8 Å². The minimum absolute atomic E-state index is 0.568. The van der Waals surface area contributed by atoms with Gasteiger partial charge in [-0.25, -0.2) is 0 Å². The third-order valence-electron chi connectivity index (χ3n) is 5.46. The highest BCUT2D eigenvalue weighted by atomic mass is 16.5. The zero-order chi connectivity index (χ0) is 13.9. The third-order valence-corrected chi connectivity index (χ3v) is 5.46. The van der Waals surface area contributed by atoms with Crippen molar-refractivity contribution in [3.8, 4) is 0 Å². The van der Waals surface area contributed by atoms with Crippen molar-refractivity contribution in [2.24, 2.45) is 11.8 Å². The zero-order valence-electron chi connectivity index (χ0n) is 13.3. The normalized spacial score (nSPS) is 35.9. The summed E-state index contributed by atoms with van der Waals surface area (Å²) in [4.78, 5) is 2.80. The summed E-state index contributed by atoms with van der Waals surface area (Å²) >= 11 is 0. The number of rotatable bonds is 6. The lowest BCUT2D eigenvalue weighted by Crippen LogP contribution is -2.59. The molecule has 3 atom stereocenters. The first kappa shape index (κ1) is 14.8. The topological polar surface area (TPSA) is 24.5 Å². The summed E-state index contributed by atoms with van der Waals surface area (Å²) in [6, 6.07) is 1.50. The minimum Gasteiger partial charge on any atom is -0.378 e. The molecule has 3 fully saturated rings. The molecule has 116 valence electrons. The molecule has 20 heavy (non-hydrogen) atoms. The molecule has 1 N–H and O–H groups in total. The van der Waals surface area contributed by atoms with Gasteiger partial charge < -0.3 is 10.1 Å². The quantitative estimate of drug-likeness (QED) is 0.809. The van der Waals surface area contributed by atoms with Gasteiger partial charge in [-0.2, -0.15) is 0 Å². The molecular weight excluding hydrogens is 248 g/mol. The van der Waals surface area contributed by atoms with E-state index in [1.807, 2.05) is 0 Å². The van der Waals surface area contributed by atoms with Crippen LogP contribution in [0.3, 0.4) is 0 Å². The monoisotopic (exact) mass is 280 g/mol. The second-order valence-corrected chi connectivity index (χ2v) is 7.44. The molecule has 3 nitrogen and oxygen atoms in total. The van der Waals surface area contributed by atoms with Gasteiger partial charge in [0.25, 0.3) is 0 Å². The molecule has 1 saturated carbocycles. The lowest BCUT2D eigenvalue weighted by molar-refractivity contribution is 0.0775. The molecule has 3 heteroatoms. The molecule has 0 aromatic carbocycles. The highest BCUT2D eigenvalue weighted by molar-refractivity contribution is 4.95. The smallest absolute Gasteiger partial charge is 0.0576 e. The lowest BCUT2D eigenvalue weighted by Gasteiger charge is -2.42. The fourth-order valence-electron chi connectivity index (χ4n) is 3.90. The number of hydrogen-bond donors (Lipinski definition) is 1. The maximum atomic E-state index is 5.76. The first-order chi connectivity index (χ1) is 9.74. The van der Waals surface area contributed by atoms with E-state index in [1.165, 1.54) is 58.2 Å². The standard InChI is InChI=1S/C17H32N2O/c1-13(2)16-12-19(17(11-18-16)14-7-8-14)9-3-5-15-6-4-10-20-15/h13-18H,3-12H2,1-2H3. The molecule has 1 aliphatic carbocycles. The van der Waals surface area contributed by atoms with Crippen LogP contribution in [0.1, 0.15) is 52.4 Å². The molecule has 2 saturated heterocycles.